The topological polar surface area (TPSA) is 12.0 Å². The molecular weight excluding hydrogens is 734 g/mol. The highest BCUT2D eigenvalue weighted by atomic mass is 79.9. The maximum Gasteiger partial charge on any atom is 0.00313 e. The SMILES string of the molecule is BrCCCCCCCCBr.CC.CNCCCCCCCCSC.SCCCCCCCCBr.[Br-]. The maximum atomic E-state index is 4.16. The van der Waals surface area contributed by atoms with Crippen LogP contribution in [0.4, 0.5) is 0 Å². The molecule has 1 nitrogen and oxygen atoms in total. The van der Waals surface area contributed by atoms with E-state index in [1.54, 1.807) is 0 Å². The van der Waals surface area contributed by atoms with E-state index in [0.29, 0.717) is 0 Å². The largest absolute Gasteiger partial charge is 1.00 e. The Hall–Kier alpha value is 2.58. The molecule has 0 bridgehead atoms. The third-order valence-electron chi connectivity index (χ3n) is 5.08. The smallest absolute Gasteiger partial charge is 0.00313 e. The van der Waals surface area contributed by atoms with Gasteiger partial charge >= 0.3 is 0 Å². The highest BCUT2D eigenvalue weighted by molar-refractivity contribution is 9.09. The molecule has 1 N–H and O–H groups in total. The zero-order valence-electron chi connectivity index (χ0n) is 23.8. The monoisotopic (exact) mass is 792 g/mol. The van der Waals surface area contributed by atoms with E-state index in [1.807, 2.05) is 32.7 Å². The third-order valence-corrected chi connectivity index (χ3v) is 7.78. The van der Waals surface area contributed by atoms with Crippen LogP contribution in [0.2, 0.25) is 0 Å². The number of halogens is 4. The molecule has 220 valence electrons. The second kappa shape index (κ2) is 56.7. The van der Waals surface area contributed by atoms with Crippen LogP contribution in [0.25, 0.3) is 0 Å². The van der Waals surface area contributed by atoms with Crippen LogP contribution >= 0.6 is 72.2 Å². The second-order valence-electron chi connectivity index (χ2n) is 8.25. The molecule has 0 aromatic heterocycles. The third kappa shape index (κ3) is 66.8. The lowest BCUT2D eigenvalue weighted by Gasteiger charge is -2.00. The van der Waals surface area contributed by atoms with E-state index < -0.39 is 0 Å². The summed E-state index contributed by atoms with van der Waals surface area (Å²) in [5.41, 5.74) is 0. The van der Waals surface area contributed by atoms with Crippen molar-refractivity contribution in [1.82, 2.24) is 5.32 Å². The minimum Gasteiger partial charge on any atom is -1.00 e. The summed E-state index contributed by atoms with van der Waals surface area (Å²) in [5, 5.41) is 6.69. The summed E-state index contributed by atoms with van der Waals surface area (Å²) in [6, 6.07) is 0. The van der Waals surface area contributed by atoms with E-state index in [9.17, 15) is 0 Å². The Morgan fingerprint density at radius 2 is 0.857 bits per heavy atom. The highest BCUT2D eigenvalue weighted by Crippen LogP contribution is 2.08. The minimum atomic E-state index is 0. The molecule has 0 aromatic rings. The molecule has 0 aromatic carbocycles. The molecule has 0 aliphatic rings. The molecule has 7 heteroatoms. The molecule has 0 aliphatic carbocycles. The Labute approximate surface area is 269 Å². The van der Waals surface area contributed by atoms with E-state index in [2.05, 4.69) is 72.0 Å². The van der Waals surface area contributed by atoms with Crippen molar-refractivity contribution in [3.63, 3.8) is 0 Å². The predicted molar refractivity (Wildman–Crippen MR) is 182 cm³/mol. The molecule has 0 aliphatic heterocycles. The number of thiol groups is 1. The van der Waals surface area contributed by atoms with Gasteiger partial charge < -0.3 is 22.3 Å². The van der Waals surface area contributed by atoms with Gasteiger partial charge in [-0.25, -0.2) is 0 Å². The van der Waals surface area contributed by atoms with Crippen molar-refractivity contribution >= 4 is 72.2 Å². The average Bonchev–Trinajstić information content (AvgIpc) is 2.87. The Morgan fingerprint density at radius 1 is 0.543 bits per heavy atom. The summed E-state index contributed by atoms with van der Waals surface area (Å²) in [6.45, 7) is 5.19. The van der Waals surface area contributed by atoms with Crippen molar-refractivity contribution < 1.29 is 17.0 Å². The molecule has 0 spiro atoms. The fraction of sp³-hybridized carbons (Fsp3) is 1.00. The van der Waals surface area contributed by atoms with Crippen LogP contribution in [-0.4, -0.2) is 47.3 Å². The maximum absolute atomic E-state index is 4.16. The molecule has 0 rings (SSSR count). The van der Waals surface area contributed by atoms with Crippen LogP contribution in [0.1, 0.15) is 129 Å². The summed E-state index contributed by atoms with van der Waals surface area (Å²) in [7, 11) is 2.03. The first-order valence-electron chi connectivity index (χ1n) is 14.2. The van der Waals surface area contributed by atoms with Gasteiger partial charge in [0.1, 0.15) is 0 Å². The normalized spacial score (nSPS) is 9.60. The van der Waals surface area contributed by atoms with E-state index in [4.69, 9.17) is 0 Å². The number of thioether (sulfide) groups is 1. The number of alkyl halides is 3. The zero-order chi connectivity index (χ0) is 26.4. The summed E-state index contributed by atoms with van der Waals surface area (Å²) in [6.07, 6.45) is 27.1. The van der Waals surface area contributed by atoms with Crippen LogP contribution in [-0.2, 0) is 0 Å². The Bertz CT molecular complexity index is 237. The standard InChI is InChI=1S/C10H23NS.C8H16Br2.C8H17BrS.C2H6.BrH/c1-11-9-7-5-3-4-6-8-10-12-2;2*9-7-5-3-1-2-4-6-8-10;1-2;/h11H,3-10H2,1-2H3;1-8H2;10H,1-8H2;1-2H3;1H/p-1. The molecule has 0 saturated carbocycles. The van der Waals surface area contributed by atoms with Crippen LogP contribution < -0.4 is 22.3 Å². The van der Waals surface area contributed by atoms with Crippen molar-refractivity contribution in [2.24, 2.45) is 0 Å². The van der Waals surface area contributed by atoms with Crippen molar-refractivity contribution in [2.75, 3.05) is 47.3 Å². The average molecular weight is 797 g/mol. The number of nitrogens with one attached hydrogen (secondary N) is 1. The summed E-state index contributed by atoms with van der Waals surface area (Å²) < 4.78 is 0. The number of hydrogen-bond donors (Lipinski definition) is 2. The fourth-order valence-electron chi connectivity index (χ4n) is 3.06. The van der Waals surface area contributed by atoms with Gasteiger partial charge in [0.05, 0.1) is 0 Å². The minimum absolute atomic E-state index is 0. The summed E-state index contributed by atoms with van der Waals surface area (Å²) >= 11 is 16.4. The van der Waals surface area contributed by atoms with E-state index in [0.717, 1.165) is 5.75 Å². The van der Waals surface area contributed by atoms with Gasteiger partial charge in [-0.1, -0.05) is 139 Å². The van der Waals surface area contributed by atoms with Crippen LogP contribution in [0.15, 0.2) is 0 Å². The van der Waals surface area contributed by atoms with Gasteiger partial charge in [0.2, 0.25) is 0 Å². The quantitative estimate of drug-likeness (QED) is 0.0610. The van der Waals surface area contributed by atoms with E-state index in [1.165, 1.54) is 144 Å². The summed E-state index contributed by atoms with van der Waals surface area (Å²) in [5.74, 6) is 2.40. The molecule has 0 atom stereocenters. The Morgan fingerprint density at radius 3 is 1.17 bits per heavy atom. The van der Waals surface area contributed by atoms with Crippen molar-refractivity contribution in [3.05, 3.63) is 0 Å². The van der Waals surface area contributed by atoms with Crippen LogP contribution in [0, 0.1) is 0 Å². The van der Waals surface area contributed by atoms with E-state index in [-0.39, 0.29) is 17.0 Å². The van der Waals surface area contributed by atoms with Gasteiger partial charge in [-0.05, 0) is 69.9 Å². The van der Waals surface area contributed by atoms with Crippen LogP contribution in [0.5, 0.6) is 0 Å². The van der Waals surface area contributed by atoms with Crippen LogP contribution in [0.3, 0.4) is 0 Å². The number of hydrogen-bond acceptors (Lipinski definition) is 3. The van der Waals surface area contributed by atoms with Gasteiger partial charge in [-0.3, -0.25) is 0 Å². The first-order chi connectivity index (χ1) is 16.7. The van der Waals surface area contributed by atoms with Gasteiger partial charge in [0, 0.05) is 16.0 Å². The predicted octanol–water partition coefficient (Wildman–Crippen LogP) is 8.71. The first kappa shape index (κ1) is 47.4. The van der Waals surface area contributed by atoms with Gasteiger partial charge in [0.25, 0.3) is 0 Å². The Balaban J connectivity index is -0.000000123. The van der Waals surface area contributed by atoms with Crippen molar-refractivity contribution in [1.29, 1.82) is 0 Å². The number of unbranched alkanes of at least 4 members (excludes halogenated alkanes) is 15. The second-order valence-corrected chi connectivity index (χ2v) is 12.1. The molecule has 0 unspecified atom stereocenters. The van der Waals surface area contributed by atoms with Gasteiger partial charge in [-0.15, -0.1) is 0 Å². The van der Waals surface area contributed by atoms with Gasteiger partial charge in [-0.2, -0.15) is 24.4 Å². The lowest BCUT2D eigenvalue weighted by atomic mass is 10.1. The summed E-state index contributed by atoms with van der Waals surface area (Å²) in [4.78, 5) is 0. The molecule has 0 heterocycles. The molecule has 0 amide bonds. The molecule has 35 heavy (non-hydrogen) atoms. The fourth-order valence-corrected chi connectivity index (χ4v) is 4.97. The van der Waals surface area contributed by atoms with Gasteiger partial charge in [0.15, 0.2) is 0 Å². The van der Waals surface area contributed by atoms with E-state index >= 15 is 0 Å². The molecular formula is C28H62Br4NS2-. The lowest BCUT2D eigenvalue weighted by Crippen LogP contribution is -3.00. The molecule has 0 saturated heterocycles. The number of rotatable bonds is 23. The lowest BCUT2D eigenvalue weighted by molar-refractivity contribution is -0.00000722. The Kier molecular flexibility index (Phi) is 76.7. The van der Waals surface area contributed by atoms with Crippen molar-refractivity contribution in [2.45, 2.75) is 129 Å². The van der Waals surface area contributed by atoms with Crippen molar-refractivity contribution in [3.8, 4) is 0 Å². The molecule has 0 radical (unpaired) electrons. The highest BCUT2D eigenvalue weighted by Gasteiger charge is 1.90. The first-order valence-corrected chi connectivity index (χ1v) is 19.6. The zero-order valence-corrected chi connectivity index (χ0v) is 31.9. The molecule has 0 fully saturated rings.